The molecule has 0 bridgehead atoms. The number of hydrogen-bond acceptors (Lipinski definition) is 6. The molecule has 1 aromatic heterocycles. The van der Waals surface area contributed by atoms with Gasteiger partial charge in [-0.25, -0.2) is 0 Å². The number of nitrogens with zero attached hydrogens (tertiary/aromatic N) is 1. The normalized spacial score (nSPS) is 17.1. The van der Waals surface area contributed by atoms with E-state index in [9.17, 15) is 14.4 Å². The van der Waals surface area contributed by atoms with E-state index in [4.69, 9.17) is 14.9 Å². The van der Waals surface area contributed by atoms with Crippen LogP contribution in [0.3, 0.4) is 0 Å². The molecule has 1 fully saturated rings. The topological polar surface area (TPSA) is 130 Å². The maximum absolute atomic E-state index is 12.9. The van der Waals surface area contributed by atoms with Crippen LogP contribution in [0.2, 0.25) is 0 Å². The lowest BCUT2D eigenvalue weighted by molar-refractivity contribution is 0.0947. The van der Waals surface area contributed by atoms with Gasteiger partial charge in [-0.3, -0.25) is 14.4 Å². The summed E-state index contributed by atoms with van der Waals surface area (Å²) in [6.45, 7) is 0.245. The minimum atomic E-state index is -0.571. The zero-order chi connectivity index (χ0) is 22.4. The van der Waals surface area contributed by atoms with Crippen molar-refractivity contribution in [2.45, 2.75) is 25.4 Å². The monoisotopic (exact) mass is 429 g/mol. The van der Waals surface area contributed by atoms with Crippen LogP contribution in [0.5, 0.6) is 5.75 Å². The number of carbonyl (C=O) groups excluding carboxylic acids is 2. The molecular weight excluding hydrogens is 402 g/mol. The number of aromatic nitrogens is 1. The summed E-state index contributed by atoms with van der Waals surface area (Å²) in [4.78, 5) is 37.8. The molecule has 2 aromatic rings. The van der Waals surface area contributed by atoms with Gasteiger partial charge in [-0.05, 0) is 42.5 Å². The van der Waals surface area contributed by atoms with Gasteiger partial charge in [0.15, 0.2) is 0 Å². The minimum absolute atomic E-state index is 0.0103. The van der Waals surface area contributed by atoms with Crippen LogP contribution in [0.25, 0.3) is 0 Å². The molecule has 2 atom stereocenters. The van der Waals surface area contributed by atoms with E-state index >= 15 is 0 Å². The standard InChI is InChI=1S/C22H27N3O6/c1-23-21(29)18-10-16(20(28)24-19-11-15(19)5-6-26)13-25(22(18)30)12-14-3-2-4-17(9-14)31-8-7-27/h2-4,9-10,13,15,19,26-27H,5-8,11-12H2,1H3,(H,23,29)(H,24,28)/t15-,19-/m1/s1. The van der Waals surface area contributed by atoms with Crippen molar-refractivity contribution >= 4 is 11.8 Å². The number of amides is 2. The average molecular weight is 429 g/mol. The Hall–Kier alpha value is -3.17. The Bertz CT molecular complexity index is 1000. The van der Waals surface area contributed by atoms with Crippen LogP contribution in [0.4, 0.5) is 0 Å². The summed E-state index contributed by atoms with van der Waals surface area (Å²) in [5.41, 5.74) is 0.316. The van der Waals surface area contributed by atoms with Gasteiger partial charge in [-0.15, -0.1) is 0 Å². The Balaban J connectivity index is 1.87. The van der Waals surface area contributed by atoms with Crippen molar-refractivity contribution in [2.24, 2.45) is 5.92 Å². The number of aliphatic hydroxyl groups excluding tert-OH is 2. The van der Waals surface area contributed by atoms with Gasteiger partial charge in [0, 0.05) is 25.9 Å². The zero-order valence-electron chi connectivity index (χ0n) is 17.3. The predicted octanol–water partition coefficient (Wildman–Crippen LogP) is 0.128. The van der Waals surface area contributed by atoms with Crippen LogP contribution in [-0.2, 0) is 6.54 Å². The van der Waals surface area contributed by atoms with Crippen LogP contribution in [0.15, 0.2) is 41.3 Å². The Kier molecular flexibility index (Phi) is 7.43. The van der Waals surface area contributed by atoms with Crippen molar-refractivity contribution in [1.82, 2.24) is 15.2 Å². The molecule has 31 heavy (non-hydrogen) atoms. The van der Waals surface area contributed by atoms with Crippen LogP contribution >= 0.6 is 0 Å². The highest BCUT2D eigenvalue weighted by atomic mass is 16.5. The lowest BCUT2D eigenvalue weighted by Gasteiger charge is -2.13. The summed E-state index contributed by atoms with van der Waals surface area (Å²) in [5.74, 6) is -0.147. The maximum atomic E-state index is 12.9. The molecule has 166 valence electrons. The Morgan fingerprint density at radius 2 is 2.00 bits per heavy atom. The summed E-state index contributed by atoms with van der Waals surface area (Å²) in [6.07, 6.45) is 2.87. The van der Waals surface area contributed by atoms with Crippen molar-refractivity contribution in [3.05, 3.63) is 63.6 Å². The van der Waals surface area contributed by atoms with Gasteiger partial charge in [0.25, 0.3) is 17.4 Å². The lowest BCUT2D eigenvalue weighted by Crippen LogP contribution is -2.34. The highest BCUT2D eigenvalue weighted by Gasteiger charge is 2.37. The highest BCUT2D eigenvalue weighted by molar-refractivity contribution is 5.99. The molecule has 1 saturated carbocycles. The molecule has 4 N–H and O–H groups in total. The summed E-state index contributed by atoms with van der Waals surface area (Å²) in [6, 6.07) is 8.32. The van der Waals surface area contributed by atoms with Crippen LogP contribution in [0, 0.1) is 5.92 Å². The first kappa shape index (κ1) is 22.5. The molecule has 0 aliphatic heterocycles. The third-order valence-electron chi connectivity index (χ3n) is 5.17. The number of carbonyl (C=O) groups is 2. The molecule has 2 amide bonds. The van der Waals surface area contributed by atoms with Gasteiger partial charge < -0.3 is 30.2 Å². The van der Waals surface area contributed by atoms with E-state index in [2.05, 4.69) is 10.6 Å². The Labute approximate surface area is 179 Å². The van der Waals surface area contributed by atoms with Gasteiger partial charge in [0.1, 0.15) is 17.9 Å². The maximum Gasteiger partial charge on any atom is 0.263 e. The first-order chi connectivity index (χ1) is 15.0. The third kappa shape index (κ3) is 5.71. The molecule has 0 unspecified atom stereocenters. The molecular formula is C22H27N3O6. The number of pyridine rings is 1. The van der Waals surface area contributed by atoms with Crippen LogP contribution in [0.1, 0.15) is 39.1 Å². The number of hydrogen-bond donors (Lipinski definition) is 4. The van der Waals surface area contributed by atoms with E-state index in [-0.39, 0.29) is 55.4 Å². The quantitative estimate of drug-likeness (QED) is 0.425. The van der Waals surface area contributed by atoms with Crippen LogP contribution in [-0.4, -0.2) is 59.5 Å². The molecule has 1 aromatic carbocycles. The van der Waals surface area contributed by atoms with Gasteiger partial charge in [0.05, 0.1) is 18.7 Å². The second-order valence-electron chi connectivity index (χ2n) is 7.46. The zero-order valence-corrected chi connectivity index (χ0v) is 17.3. The van der Waals surface area contributed by atoms with Gasteiger partial charge in [-0.1, -0.05) is 12.1 Å². The summed E-state index contributed by atoms with van der Waals surface area (Å²) in [5, 5.41) is 23.3. The Morgan fingerprint density at radius 3 is 2.71 bits per heavy atom. The molecule has 1 heterocycles. The summed E-state index contributed by atoms with van der Waals surface area (Å²) in [7, 11) is 1.42. The summed E-state index contributed by atoms with van der Waals surface area (Å²) < 4.78 is 6.72. The SMILES string of the molecule is CNC(=O)c1cc(C(=O)N[C@@H]2C[C@H]2CCO)cn(Cc2cccc(OCCO)c2)c1=O. The summed E-state index contributed by atoms with van der Waals surface area (Å²) >= 11 is 0. The van der Waals surface area contributed by atoms with Gasteiger partial charge >= 0.3 is 0 Å². The van der Waals surface area contributed by atoms with E-state index in [0.717, 1.165) is 12.0 Å². The molecule has 0 spiro atoms. The van der Waals surface area contributed by atoms with Crippen molar-refractivity contribution < 1.29 is 24.5 Å². The van der Waals surface area contributed by atoms with E-state index < -0.39 is 11.5 Å². The molecule has 9 nitrogen and oxygen atoms in total. The largest absolute Gasteiger partial charge is 0.491 e. The molecule has 1 aliphatic carbocycles. The van der Waals surface area contributed by atoms with E-state index in [1.807, 2.05) is 0 Å². The smallest absolute Gasteiger partial charge is 0.263 e. The fourth-order valence-electron chi connectivity index (χ4n) is 3.43. The molecule has 0 saturated heterocycles. The molecule has 3 rings (SSSR count). The number of benzene rings is 1. The Morgan fingerprint density at radius 1 is 1.19 bits per heavy atom. The third-order valence-corrected chi connectivity index (χ3v) is 5.17. The van der Waals surface area contributed by atoms with Crippen molar-refractivity contribution in [3.8, 4) is 5.75 Å². The molecule has 0 radical (unpaired) electrons. The van der Waals surface area contributed by atoms with E-state index in [1.54, 1.807) is 24.3 Å². The molecule has 9 heteroatoms. The van der Waals surface area contributed by atoms with Crippen LogP contribution < -0.4 is 20.9 Å². The average Bonchev–Trinajstić information content (AvgIpc) is 3.50. The first-order valence-corrected chi connectivity index (χ1v) is 10.2. The van der Waals surface area contributed by atoms with Crippen molar-refractivity contribution in [3.63, 3.8) is 0 Å². The highest BCUT2D eigenvalue weighted by Crippen LogP contribution is 2.33. The number of aliphatic hydroxyl groups is 2. The van der Waals surface area contributed by atoms with Crippen molar-refractivity contribution in [2.75, 3.05) is 26.9 Å². The van der Waals surface area contributed by atoms with E-state index in [0.29, 0.717) is 12.2 Å². The fraction of sp³-hybridized carbons (Fsp3) is 0.409. The first-order valence-electron chi connectivity index (χ1n) is 10.2. The minimum Gasteiger partial charge on any atom is -0.491 e. The fourth-order valence-corrected chi connectivity index (χ4v) is 3.43. The second kappa shape index (κ2) is 10.2. The number of rotatable bonds is 10. The number of nitrogens with one attached hydrogen (secondary N) is 2. The second-order valence-corrected chi connectivity index (χ2v) is 7.46. The molecule has 1 aliphatic rings. The predicted molar refractivity (Wildman–Crippen MR) is 113 cm³/mol. The lowest BCUT2D eigenvalue weighted by atomic mass is 10.1. The van der Waals surface area contributed by atoms with E-state index in [1.165, 1.54) is 23.9 Å². The van der Waals surface area contributed by atoms with Gasteiger partial charge in [0.2, 0.25) is 0 Å². The number of ether oxygens (including phenoxy) is 1. The van der Waals surface area contributed by atoms with Crippen molar-refractivity contribution in [1.29, 1.82) is 0 Å². The van der Waals surface area contributed by atoms with Gasteiger partial charge in [-0.2, -0.15) is 0 Å².